The van der Waals surface area contributed by atoms with Gasteiger partial charge >= 0.3 is 11.9 Å². The molecule has 3 unspecified atom stereocenters. The lowest BCUT2D eigenvalue weighted by Crippen LogP contribution is -2.60. The molecule has 9 heteroatoms. The van der Waals surface area contributed by atoms with Gasteiger partial charge < -0.3 is 21.1 Å². The second-order valence-corrected chi connectivity index (χ2v) is 5.92. The largest absolute Gasteiger partial charge is 0.480 e. The number of aliphatic hydroxyl groups excluding tert-OH is 1. The summed E-state index contributed by atoms with van der Waals surface area (Å²) < 4.78 is 0. The molecule has 1 saturated heterocycles. The lowest BCUT2D eigenvalue weighted by Gasteiger charge is -2.43. The van der Waals surface area contributed by atoms with E-state index in [1.165, 1.54) is 6.92 Å². The number of carbonyl (C=O) groups excluding carboxylic acids is 1. The van der Waals surface area contributed by atoms with Crippen LogP contribution in [-0.2, 0) is 14.4 Å². The smallest absolute Gasteiger partial charge is 0.353 e. The van der Waals surface area contributed by atoms with Gasteiger partial charge in [-0.1, -0.05) is 0 Å². The summed E-state index contributed by atoms with van der Waals surface area (Å²) in [5.41, 5.74) is 5.18. The number of carboxylic acids is 2. The van der Waals surface area contributed by atoms with E-state index in [1.807, 2.05) is 0 Å². The number of thioether (sulfide) groups is 1. The van der Waals surface area contributed by atoms with Crippen molar-refractivity contribution in [2.45, 2.75) is 30.9 Å². The van der Waals surface area contributed by atoms with Gasteiger partial charge in [0.25, 0.3) is 0 Å². The number of nitrogens with zero attached hydrogens (tertiary/aromatic N) is 1. The Hall–Kier alpha value is -1.58. The fourth-order valence-electron chi connectivity index (χ4n) is 2.28. The number of aliphatic hydroxyl groups is 1. The van der Waals surface area contributed by atoms with Crippen LogP contribution in [0.15, 0.2) is 10.6 Å². The molecule has 0 saturated carbocycles. The predicted octanol–water partition coefficient (Wildman–Crippen LogP) is -1.00. The first-order valence-corrected chi connectivity index (χ1v) is 6.76. The van der Waals surface area contributed by atoms with E-state index in [9.17, 15) is 24.6 Å². The fourth-order valence-corrected chi connectivity index (χ4v) is 3.95. The molecule has 0 radical (unpaired) electrons. The second-order valence-electron chi connectivity index (χ2n) is 4.71. The number of fused-ring (bicyclic) bond motifs is 1. The van der Waals surface area contributed by atoms with Gasteiger partial charge in [0.15, 0.2) is 0 Å². The lowest BCUT2D eigenvalue weighted by atomic mass is 9.92. The zero-order valence-corrected chi connectivity index (χ0v) is 11.3. The minimum absolute atomic E-state index is 0.158. The Kier molecular flexibility index (Phi) is 3.76. The van der Waals surface area contributed by atoms with Crippen LogP contribution in [0.4, 0.5) is 0 Å². The van der Waals surface area contributed by atoms with E-state index in [0.717, 1.165) is 16.7 Å². The van der Waals surface area contributed by atoms with E-state index in [0.29, 0.717) is 0 Å². The highest BCUT2D eigenvalue weighted by molar-refractivity contribution is 8.04. The Morgan fingerprint density at radius 1 is 1.45 bits per heavy atom. The van der Waals surface area contributed by atoms with Crippen LogP contribution in [0.1, 0.15) is 13.3 Å². The molecule has 0 aliphatic carbocycles. The van der Waals surface area contributed by atoms with Crippen molar-refractivity contribution in [3.8, 4) is 0 Å². The monoisotopic (exact) mass is 302 g/mol. The first kappa shape index (κ1) is 14.8. The molecule has 1 fully saturated rings. The average Bonchev–Trinajstić information content (AvgIpc) is 2.63. The SMILES string of the molecule is CC(O)C1C(=O)N2C(C(=O)O)=C(CC(N)C(=O)O)S[C@H]12. The average molecular weight is 302 g/mol. The lowest BCUT2D eigenvalue weighted by molar-refractivity contribution is -0.156. The molecule has 20 heavy (non-hydrogen) atoms. The van der Waals surface area contributed by atoms with E-state index in [2.05, 4.69) is 0 Å². The number of aliphatic carboxylic acids is 2. The van der Waals surface area contributed by atoms with Crippen LogP contribution in [0.3, 0.4) is 0 Å². The summed E-state index contributed by atoms with van der Waals surface area (Å²) in [6.07, 6.45) is -1.05. The van der Waals surface area contributed by atoms with Gasteiger partial charge in [-0.25, -0.2) is 4.79 Å². The Morgan fingerprint density at radius 2 is 2.05 bits per heavy atom. The molecular formula is C11H14N2O6S. The fraction of sp³-hybridized carbons (Fsp3) is 0.545. The molecule has 2 aliphatic rings. The third kappa shape index (κ3) is 2.17. The normalized spacial score (nSPS) is 27.9. The van der Waals surface area contributed by atoms with Crippen molar-refractivity contribution in [3.05, 3.63) is 10.6 Å². The van der Waals surface area contributed by atoms with E-state index >= 15 is 0 Å². The summed E-state index contributed by atoms with van der Waals surface area (Å²) in [4.78, 5) is 35.2. The van der Waals surface area contributed by atoms with Crippen molar-refractivity contribution < 1.29 is 29.7 Å². The van der Waals surface area contributed by atoms with Crippen LogP contribution in [0.5, 0.6) is 0 Å². The number of β-lactam (4-membered cyclic amide) rings is 1. The van der Waals surface area contributed by atoms with E-state index in [1.54, 1.807) is 0 Å². The summed E-state index contributed by atoms with van der Waals surface area (Å²) in [5, 5.41) is 27.0. The van der Waals surface area contributed by atoms with Gasteiger partial charge in [-0.2, -0.15) is 0 Å². The molecule has 0 bridgehead atoms. The summed E-state index contributed by atoms with van der Waals surface area (Å²) in [7, 11) is 0. The molecule has 110 valence electrons. The molecule has 2 aliphatic heterocycles. The van der Waals surface area contributed by atoms with Crippen LogP contribution in [0, 0.1) is 5.92 Å². The Bertz CT molecular complexity index is 517. The number of amides is 1. The number of carboxylic acid groups (broad SMARTS) is 2. The zero-order valence-electron chi connectivity index (χ0n) is 10.5. The van der Waals surface area contributed by atoms with Gasteiger partial charge in [0.1, 0.15) is 17.1 Å². The van der Waals surface area contributed by atoms with Crippen LogP contribution >= 0.6 is 11.8 Å². The van der Waals surface area contributed by atoms with Crippen molar-refractivity contribution in [2.75, 3.05) is 0 Å². The van der Waals surface area contributed by atoms with Crippen molar-refractivity contribution in [3.63, 3.8) is 0 Å². The quantitative estimate of drug-likeness (QED) is 0.474. The molecule has 4 atom stereocenters. The van der Waals surface area contributed by atoms with Crippen molar-refractivity contribution in [1.29, 1.82) is 0 Å². The van der Waals surface area contributed by atoms with Gasteiger partial charge in [-0.3, -0.25) is 14.5 Å². The standard InChI is InChI=1S/C11H14N2O6S/c1-3(14)6-8(15)13-7(11(18)19)5(20-9(6)13)2-4(12)10(16)17/h3-4,6,9,14H,2,12H2,1H3,(H,16,17)(H,18,19)/t3?,4?,6?,9-/m1/s1. The van der Waals surface area contributed by atoms with E-state index < -0.39 is 41.3 Å². The molecule has 0 aromatic rings. The predicted molar refractivity (Wildman–Crippen MR) is 68.3 cm³/mol. The first-order valence-electron chi connectivity index (χ1n) is 5.88. The van der Waals surface area contributed by atoms with Gasteiger partial charge in [-0.15, -0.1) is 11.8 Å². The van der Waals surface area contributed by atoms with E-state index in [4.69, 9.17) is 10.8 Å². The molecule has 2 heterocycles. The third-order valence-corrected chi connectivity index (χ3v) is 4.69. The molecule has 0 spiro atoms. The Labute approximate surface area is 118 Å². The van der Waals surface area contributed by atoms with Gasteiger partial charge in [0.2, 0.25) is 5.91 Å². The van der Waals surface area contributed by atoms with Gasteiger partial charge in [0.05, 0.1) is 12.0 Å². The Morgan fingerprint density at radius 3 is 2.50 bits per heavy atom. The van der Waals surface area contributed by atoms with E-state index in [-0.39, 0.29) is 17.0 Å². The summed E-state index contributed by atoms with van der Waals surface area (Å²) in [6, 6.07) is -1.23. The van der Waals surface area contributed by atoms with Crippen molar-refractivity contribution >= 4 is 29.6 Å². The molecule has 2 rings (SSSR count). The molecule has 0 aromatic heterocycles. The second kappa shape index (κ2) is 5.08. The third-order valence-electron chi connectivity index (χ3n) is 3.30. The van der Waals surface area contributed by atoms with Crippen LogP contribution in [0.2, 0.25) is 0 Å². The van der Waals surface area contributed by atoms with Crippen LogP contribution < -0.4 is 5.73 Å². The van der Waals surface area contributed by atoms with Crippen molar-refractivity contribution in [2.24, 2.45) is 11.7 Å². The number of hydrogen-bond acceptors (Lipinski definition) is 6. The van der Waals surface area contributed by atoms with Gasteiger partial charge in [0, 0.05) is 11.3 Å². The van der Waals surface area contributed by atoms with Crippen LogP contribution in [-0.4, -0.2) is 55.6 Å². The molecule has 5 N–H and O–H groups in total. The zero-order chi connectivity index (χ0) is 15.2. The first-order chi connectivity index (χ1) is 9.25. The Balaban J connectivity index is 2.26. The number of hydrogen-bond donors (Lipinski definition) is 4. The maximum Gasteiger partial charge on any atom is 0.353 e. The highest BCUT2D eigenvalue weighted by Crippen LogP contribution is 2.51. The summed E-state index contributed by atoms with van der Waals surface area (Å²) >= 11 is 1.08. The minimum Gasteiger partial charge on any atom is -0.480 e. The highest BCUT2D eigenvalue weighted by Gasteiger charge is 2.57. The molecular weight excluding hydrogens is 288 g/mol. The van der Waals surface area contributed by atoms with Crippen LogP contribution in [0.25, 0.3) is 0 Å². The molecule has 0 aromatic carbocycles. The van der Waals surface area contributed by atoms with Gasteiger partial charge in [-0.05, 0) is 6.92 Å². The molecule has 1 amide bonds. The summed E-state index contributed by atoms with van der Waals surface area (Å²) in [5.74, 6) is -3.68. The highest BCUT2D eigenvalue weighted by atomic mass is 32.2. The maximum atomic E-state index is 11.9. The minimum atomic E-state index is -1.30. The molecule has 8 nitrogen and oxygen atoms in total. The van der Waals surface area contributed by atoms with Crippen molar-refractivity contribution in [1.82, 2.24) is 4.90 Å². The summed E-state index contributed by atoms with van der Waals surface area (Å²) in [6.45, 7) is 1.46. The maximum absolute atomic E-state index is 11.9. The topological polar surface area (TPSA) is 141 Å². The number of nitrogens with two attached hydrogens (primary N) is 1. The number of carbonyl (C=O) groups is 3. The number of rotatable bonds is 5.